The molecule has 18 heteroatoms. The van der Waals surface area contributed by atoms with Crippen molar-refractivity contribution in [3.8, 4) is 0 Å². The van der Waals surface area contributed by atoms with E-state index in [0.717, 1.165) is 83.6 Å². The SMILES string of the molecule is C[C@@H]1CCC2(CCN(c3cnc(Sc4cccc(NC(=O)c5ccc(N6CCC(N7CCN(c8ccc(C(=O)NCc9ccc%10c(c9)CN(C9CCC(=O)NC9=O)C%10=O)c(F)c8)CC7)CC6)c(F)c5)c4)cn3)CC2)[C@@H]1C1CC1. The van der Waals surface area contributed by atoms with E-state index in [1.54, 1.807) is 36.4 Å². The number of benzene rings is 4. The van der Waals surface area contributed by atoms with E-state index in [-0.39, 0.29) is 54.8 Å². The molecule has 0 bridgehead atoms. The van der Waals surface area contributed by atoms with Crippen molar-refractivity contribution in [2.75, 3.05) is 72.4 Å². The topological polar surface area (TPSA) is 163 Å². The number of amides is 5. The summed E-state index contributed by atoms with van der Waals surface area (Å²) in [7, 11) is 0. The second-order valence-electron chi connectivity index (χ2n) is 22.7. The Morgan fingerprint density at radius 3 is 2.29 bits per heavy atom. The van der Waals surface area contributed by atoms with Gasteiger partial charge in [-0.1, -0.05) is 36.9 Å². The fourth-order valence-corrected chi connectivity index (χ4v) is 14.5. The highest BCUT2D eigenvalue weighted by Gasteiger charge is 2.53. The maximum atomic E-state index is 15.8. The van der Waals surface area contributed by atoms with Crippen LogP contribution < -0.4 is 30.7 Å². The molecular formula is C60H66F2N10O5S. The molecule has 1 unspecified atom stereocenters. The van der Waals surface area contributed by atoms with Crippen molar-refractivity contribution in [3.05, 3.63) is 131 Å². The van der Waals surface area contributed by atoms with Gasteiger partial charge in [-0.25, -0.2) is 18.7 Å². The maximum absolute atomic E-state index is 15.8. The molecular weight excluding hydrogens is 1010 g/mol. The van der Waals surface area contributed by atoms with Gasteiger partial charge in [-0.3, -0.25) is 34.2 Å². The lowest BCUT2D eigenvalue weighted by molar-refractivity contribution is -0.136. The Balaban J connectivity index is 0.574. The zero-order chi connectivity index (χ0) is 53.7. The van der Waals surface area contributed by atoms with E-state index < -0.39 is 29.5 Å². The lowest BCUT2D eigenvalue weighted by atomic mass is 9.67. The molecule has 5 amide bonds. The van der Waals surface area contributed by atoms with Crippen LogP contribution in [0.15, 0.2) is 101 Å². The minimum atomic E-state index is -0.717. The van der Waals surface area contributed by atoms with Crippen LogP contribution in [0, 0.1) is 34.8 Å². The number of carbonyl (C=O) groups is 5. The van der Waals surface area contributed by atoms with E-state index in [1.165, 1.54) is 73.4 Å². The first-order valence-electron chi connectivity index (χ1n) is 27.9. The molecule has 15 nitrogen and oxygen atoms in total. The zero-order valence-corrected chi connectivity index (χ0v) is 44.8. The van der Waals surface area contributed by atoms with E-state index in [2.05, 4.69) is 42.5 Å². The Morgan fingerprint density at radius 1 is 0.756 bits per heavy atom. The van der Waals surface area contributed by atoms with Gasteiger partial charge in [0.05, 0.1) is 23.6 Å². The van der Waals surface area contributed by atoms with Gasteiger partial charge in [-0.15, -0.1) is 0 Å². The van der Waals surface area contributed by atoms with Crippen molar-refractivity contribution in [2.45, 2.75) is 106 Å². The van der Waals surface area contributed by atoms with Crippen LogP contribution in [0.25, 0.3) is 0 Å². The number of fused-ring (bicyclic) bond motifs is 1. The standard InChI is InChI=1S/C60H66F2N10O5S/c1-37-15-18-60(55(37)39-6-7-39)19-23-71(24-20-60)52-34-64-54(35-63-52)78-45-4-2-3-42(31-45)66-56(74)40-8-12-50(49(62)30-40)70-21-16-43(17-22-70)68-25-27-69(28-26-68)44-9-11-47(48(61)32-44)57(75)65-33-38-5-10-46-41(29-38)36-72(59(46)77)51-13-14-53(73)67-58(51)76/h2-5,8-12,29-32,34-35,37,39,43,51,55H,6-7,13-28,33,36H2,1H3,(H,65,75)(H,66,74)(H,67,73,76)/t37-,51?,55+/m1/s1. The van der Waals surface area contributed by atoms with Crippen molar-refractivity contribution in [1.29, 1.82) is 0 Å². The molecule has 406 valence electrons. The van der Waals surface area contributed by atoms with Crippen LogP contribution in [0.4, 0.5) is 31.7 Å². The smallest absolute Gasteiger partial charge is 0.255 e. The lowest BCUT2D eigenvalue weighted by Crippen LogP contribution is -2.53. The molecule has 1 spiro atoms. The molecule has 3 atom stereocenters. The number of hydrogen-bond acceptors (Lipinski definition) is 12. The summed E-state index contributed by atoms with van der Waals surface area (Å²) in [5, 5.41) is 8.83. The molecule has 0 radical (unpaired) electrons. The zero-order valence-electron chi connectivity index (χ0n) is 44.0. The highest BCUT2D eigenvalue weighted by molar-refractivity contribution is 7.99. The fourth-order valence-electron chi connectivity index (χ4n) is 13.8. The van der Waals surface area contributed by atoms with E-state index in [4.69, 9.17) is 9.97 Å². The maximum Gasteiger partial charge on any atom is 0.255 e. The van der Waals surface area contributed by atoms with Crippen LogP contribution in [0.1, 0.15) is 113 Å². The number of imide groups is 1. The van der Waals surface area contributed by atoms with Crippen LogP contribution in [0.2, 0.25) is 0 Å². The highest BCUT2D eigenvalue weighted by Crippen LogP contribution is 2.61. The molecule has 4 saturated heterocycles. The lowest BCUT2D eigenvalue weighted by Gasteiger charge is -2.44. The average Bonchev–Trinajstić information content (AvgIpc) is 4.16. The third-order valence-corrected chi connectivity index (χ3v) is 18.9. The third-order valence-electron chi connectivity index (χ3n) is 18.0. The highest BCUT2D eigenvalue weighted by atomic mass is 32.2. The molecule has 3 N–H and O–H groups in total. The van der Waals surface area contributed by atoms with Crippen molar-refractivity contribution < 1.29 is 32.8 Å². The number of carbonyl (C=O) groups excluding carboxylic acids is 5. The van der Waals surface area contributed by atoms with Crippen molar-refractivity contribution >= 4 is 64.2 Å². The summed E-state index contributed by atoms with van der Waals surface area (Å²) < 4.78 is 31.3. The number of piperidine rings is 3. The van der Waals surface area contributed by atoms with Gasteiger partial charge in [0.15, 0.2) is 0 Å². The van der Waals surface area contributed by atoms with Crippen LogP contribution in [-0.4, -0.2) is 114 Å². The molecule has 5 aromatic rings. The largest absolute Gasteiger partial charge is 0.369 e. The van der Waals surface area contributed by atoms with Crippen molar-refractivity contribution in [2.24, 2.45) is 23.2 Å². The normalized spacial score (nSPS) is 22.7. The van der Waals surface area contributed by atoms with E-state index >= 15 is 8.78 Å². The van der Waals surface area contributed by atoms with Gasteiger partial charge < -0.3 is 30.2 Å². The Hall–Kier alpha value is -6.92. The predicted molar refractivity (Wildman–Crippen MR) is 295 cm³/mol. The first kappa shape index (κ1) is 51.8. The predicted octanol–water partition coefficient (Wildman–Crippen LogP) is 8.68. The minimum Gasteiger partial charge on any atom is -0.369 e. The molecule has 78 heavy (non-hydrogen) atoms. The molecule has 6 heterocycles. The van der Waals surface area contributed by atoms with Gasteiger partial charge in [0.2, 0.25) is 11.8 Å². The minimum absolute atomic E-state index is 0.0668. The Labute approximate surface area is 457 Å². The monoisotopic (exact) mass is 1080 g/mol. The molecule has 2 saturated carbocycles. The number of piperazine rings is 1. The summed E-state index contributed by atoms with van der Waals surface area (Å²) in [5.74, 6) is 0.555. The number of aromatic nitrogens is 2. The quantitative estimate of drug-likeness (QED) is 0.0964. The summed E-state index contributed by atoms with van der Waals surface area (Å²) >= 11 is 1.49. The Morgan fingerprint density at radius 2 is 1.56 bits per heavy atom. The third kappa shape index (κ3) is 10.7. The number of rotatable bonds is 13. The van der Waals surface area contributed by atoms with Gasteiger partial charge >= 0.3 is 0 Å². The van der Waals surface area contributed by atoms with Crippen LogP contribution in [0.5, 0.6) is 0 Å². The number of nitrogens with one attached hydrogen (secondary N) is 3. The molecule has 5 aliphatic heterocycles. The summed E-state index contributed by atoms with van der Waals surface area (Å²) in [6.45, 7) is 9.19. The van der Waals surface area contributed by atoms with Crippen molar-refractivity contribution in [3.63, 3.8) is 0 Å². The second kappa shape index (κ2) is 21.7. The average molecular weight is 1080 g/mol. The Kier molecular flexibility index (Phi) is 14.4. The van der Waals surface area contributed by atoms with E-state index in [1.807, 2.05) is 36.7 Å². The molecule has 1 aromatic heterocycles. The molecule has 2 aliphatic carbocycles. The molecule has 7 aliphatic rings. The summed E-state index contributed by atoms with van der Waals surface area (Å²) in [5.41, 5.74) is 4.41. The number of hydrogen-bond donors (Lipinski definition) is 3. The Bertz CT molecular complexity index is 3130. The van der Waals surface area contributed by atoms with Gasteiger partial charge in [0.1, 0.15) is 28.5 Å². The molecule has 6 fully saturated rings. The van der Waals surface area contributed by atoms with E-state index in [0.29, 0.717) is 60.3 Å². The summed E-state index contributed by atoms with van der Waals surface area (Å²) in [4.78, 5) is 84.7. The van der Waals surface area contributed by atoms with E-state index in [9.17, 15) is 24.0 Å². The number of halogens is 2. The van der Waals surface area contributed by atoms with Crippen LogP contribution in [0.3, 0.4) is 0 Å². The molecule has 4 aromatic carbocycles. The van der Waals surface area contributed by atoms with Gasteiger partial charge in [-0.2, -0.15) is 0 Å². The van der Waals surface area contributed by atoms with Crippen LogP contribution >= 0.6 is 11.8 Å². The fraction of sp³-hybridized carbons (Fsp3) is 0.450. The van der Waals surface area contributed by atoms with Crippen molar-refractivity contribution in [1.82, 2.24) is 30.4 Å². The first-order chi connectivity index (χ1) is 37.8. The van der Waals surface area contributed by atoms with Gasteiger partial charge in [-0.05, 0) is 153 Å². The van der Waals surface area contributed by atoms with Crippen LogP contribution in [-0.2, 0) is 22.7 Å². The summed E-state index contributed by atoms with van der Waals surface area (Å²) in [6, 6.07) is 21.8. The first-order valence-corrected chi connectivity index (χ1v) is 28.7. The number of nitrogens with zero attached hydrogens (tertiary/aromatic N) is 7. The summed E-state index contributed by atoms with van der Waals surface area (Å²) in [6.07, 6.45) is 14.0. The van der Waals surface area contributed by atoms with Gasteiger partial charge in [0, 0.05) is 105 Å². The molecule has 12 rings (SSSR count). The van der Waals surface area contributed by atoms with Gasteiger partial charge in [0.25, 0.3) is 17.7 Å². The second-order valence-corrected chi connectivity index (χ2v) is 23.8. The number of anilines is 4.